The number of pyridine rings is 6. The minimum absolute atomic E-state index is 0.00865. The zero-order valence-corrected chi connectivity index (χ0v) is 80.7. The summed E-state index contributed by atoms with van der Waals surface area (Å²) >= 11 is 9.30. The molecule has 13 heterocycles. The first-order valence-corrected chi connectivity index (χ1v) is 43.7. The number of nitrogens with zero attached hydrogens (tertiary/aromatic N) is 20. The first kappa shape index (κ1) is 105. The Morgan fingerprint density at radius 1 is 0.530 bits per heavy atom. The van der Waals surface area contributed by atoms with Crippen LogP contribution in [0.25, 0.3) is 5.57 Å². The Bertz CT molecular complexity index is 6000. The lowest BCUT2D eigenvalue weighted by Gasteiger charge is -2.30. The van der Waals surface area contributed by atoms with Crippen LogP contribution in [0.3, 0.4) is 0 Å². The van der Waals surface area contributed by atoms with Crippen molar-refractivity contribution < 1.29 is 48.1 Å². The normalized spacial score (nSPS) is 11.8. The minimum atomic E-state index is -0.496. The number of aryl methyl sites for hydroxylation is 4. The summed E-state index contributed by atoms with van der Waals surface area (Å²) < 4.78 is 46.7. The lowest BCUT2D eigenvalue weighted by molar-refractivity contribution is 0.122. The van der Waals surface area contributed by atoms with Gasteiger partial charge in [0.05, 0.1) is 93.8 Å². The highest BCUT2D eigenvalue weighted by molar-refractivity contribution is 9.10. The van der Waals surface area contributed by atoms with E-state index in [1.165, 1.54) is 18.6 Å². The van der Waals surface area contributed by atoms with Gasteiger partial charge in [-0.05, 0) is 107 Å². The summed E-state index contributed by atoms with van der Waals surface area (Å²) in [6.45, 7) is 37.1. The number of rotatable bonds is 30. The van der Waals surface area contributed by atoms with E-state index >= 15 is 0 Å². The zero-order valence-electron chi connectivity index (χ0n) is 78.4. The fourth-order valence-electron chi connectivity index (χ4n) is 11.9. The highest BCUT2D eigenvalue weighted by Gasteiger charge is 2.24. The van der Waals surface area contributed by atoms with Gasteiger partial charge in [0.15, 0.2) is 75.2 Å². The molecule has 0 bridgehead atoms. The van der Waals surface area contributed by atoms with Crippen LogP contribution < -0.4 is 88.6 Å². The van der Waals surface area contributed by atoms with Crippen LogP contribution >= 0.6 is 27.5 Å². The molecule has 0 radical (unpaired) electrons. The number of nitrogen functional groups attached to an aromatic ring is 6. The molecule has 708 valence electrons. The molecule has 2 atom stereocenters. The van der Waals surface area contributed by atoms with Crippen molar-refractivity contribution in [1.82, 2.24) is 94.6 Å². The van der Waals surface area contributed by atoms with Gasteiger partial charge in [-0.15, -0.1) is 12.8 Å². The molecule has 134 heavy (non-hydrogen) atoms. The van der Waals surface area contributed by atoms with E-state index in [-0.39, 0.29) is 48.0 Å². The molecule has 13 rings (SSSR count). The Morgan fingerprint density at radius 2 is 0.978 bits per heavy atom. The third kappa shape index (κ3) is 31.7. The number of ether oxygens (including phenoxy) is 8. The Balaban J connectivity index is 0.000000198. The van der Waals surface area contributed by atoms with Crippen molar-refractivity contribution in [3.63, 3.8) is 0 Å². The SMILES string of the molecule is C#Cc1cc(Oc2cnc(C)nc2N)c(C(=C)C)cn1.C#Cc1cc(Oc2cnc(N)nc2NCC(O)CC)c(C(C)C)cn1.CCC(CO)Nc1ncc(Oc2cc(Cl)ncc2C(C)C)c(N)n1.COc1cc(Oc2cnc(C)nc2N)c(N2CCOCC2)cn1.Cc1ncc(Oc2cc(Br)ncc2C(C)C)c(NN)n1.Cc1ncc(Oc2cc(CN(C)C)ncc2C(C)C)c(N)n1. The van der Waals surface area contributed by atoms with Crippen LogP contribution in [0.5, 0.6) is 74.9 Å². The number of aliphatic hydroxyl groups is 2. The van der Waals surface area contributed by atoms with Crippen molar-refractivity contribution in [1.29, 1.82) is 0 Å². The third-order valence-corrected chi connectivity index (χ3v) is 19.8. The first-order valence-electron chi connectivity index (χ1n) is 42.5. The number of terminal acetylenes is 2. The monoisotopic (exact) mass is 1910 g/mol. The van der Waals surface area contributed by atoms with Gasteiger partial charge in [0.25, 0.3) is 0 Å². The summed E-state index contributed by atoms with van der Waals surface area (Å²) in [5.74, 6) is 22.9. The van der Waals surface area contributed by atoms with E-state index in [1.54, 1.807) is 109 Å². The van der Waals surface area contributed by atoms with Gasteiger partial charge in [0, 0.05) is 121 Å². The molecule has 41 heteroatoms. The molecule has 1 fully saturated rings. The number of hydrogen-bond donors (Lipinski definition) is 11. The second-order valence-electron chi connectivity index (χ2n) is 31.3. The maximum absolute atomic E-state index is 9.75. The van der Waals surface area contributed by atoms with Crippen LogP contribution in [0.1, 0.15) is 181 Å². The Hall–Kier alpha value is -14.4. The zero-order chi connectivity index (χ0) is 98.0. The maximum Gasteiger partial charge on any atom is 0.225 e. The van der Waals surface area contributed by atoms with Crippen LogP contribution in [0.2, 0.25) is 5.15 Å². The molecule has 1 saturated heterocycles. The molecule has 1 aliphatic heterocycles. The summed E-state index contributed by atoms with van der Waals surface area (Å²) in [7, 11) is 5.57. The fraction of sp³-hybridized carbons (Fsp3) is 0.355. The van der Waals surface area contributed by atoms with E-state index in [0.29, 0.717) is 175 Å². The number of anilines is 9. The second-order valence-corrected chi connectivity index (χ2v) is 32.5. The molecule has 12 aromatic heterocycles. The summed E-state index contributed by atoms with van der Waals surface area (Å²) in [5.41, 5.74) is 39.9. The van der Waals surface area contributed by atoms with Gasteiger partial charge in [0.1, 0.15) is 73.2 Å². The molecular formula is C93H117BrClN29O10. The van der Waals surface area contributed by atoms with Crippen molar-refractivity contribution >= 4 is 85.6 Å². The number of halogens is 2. The first-order chi connectivity index (χ1) is 63.9. The molecule has 1 aliphatic rings. The van der Waals surface area contributed by atoms with E-state index in [4.69, 9.17) is 96.9 Å². The topological polar surface area (TPSA) is 545 Å². The van der Waals surface area contributed by atoms with Crippen molar-refractivity contribution in [3.8, 4) is 99.6 Å². The molecule has 0 spiro atoms. The highest BCUT2D eigenvalue weighted by Crippen LogP contribution is 2.41. The Labute approximate surface area is 793 Å². The van der Waals surface area contributed by atoms with Gasteiger partial charge >= 0.3 is 0 Å². The highest BCUT2D eigenvalue weighted by atomic mass is 79.9. The lowest BCUT2D eigenvalue weighted by Crippen LogP contribution is -2.36. The van der Waals surface area contributed by atoms with E-state index in [2.05, 4.69) is 178 Å². The number of aromatic nitrogens is 18. The van der Waals surface area contributed by atoms with Gasteiger partial charge in [0.2, 0.25) is 17.8 Å². The van der Waals surface area contributed by atoms with E-state index in [1.807, 2.05) is 80.9 Å². The summed E-state index contributed by atoms with van der Waals surface area (Å²) in [6.07, 6.45) is 31.3. The molecule has 0 aliphatic carbocycles. The Kier molecular flexibility index (Phi) is 40.3. The number of allylic oxidation sites excluding steroid dienone is 1. The van der Waals surface area contributed by atoms with Crippen LogP contribution in [-0.2, 0) is 11.3 Å². The number of morpholine rings is 1. The summed E-state index contributed by atoms with van der Waals surface area (Å²) in [5, 5.41) is 25.4. The van der Waals surface area contributed by atoms with E-state index in [0.717, 1.165) is 76.6 Å². The summed E-state index contributed by atoms with van der Waals surface area (Å²) in [6, 6.07) is 10.4. The standard InChI is InChI=1S/C18H23N5O2.C16H22ClN5O2.C16H23N5O.C15H19N5O3.C15H14N4O.C13H16BrN5O/c1-5-12-7-15(14(9-20-12)11(3)4)25-16-10-22-18(19)23-17(16)21-8-13(24)6-2;1-4-10(8-23)21-16-20-7-13(15(18)22-16)24-12-5-14(17)19-6-11(12)9(2)3;1-10(2)13-7-19-12(9-21(4)5)6-14(13)22-15-8-18-11(3)20-16(15)17;1-10-17-9-13(15(16)19-10)23-12-7-14(21-2)18-8-11(12)20-3-5-22-6-4-20;1-5-11-6-13(12(7-18-11)9(2)3)20-14-8-17-10(4)19-15(14)16;1-7(2)9-5-17-12(14)4-10(9)20-11-6-16-8(3)18-13(11)19-15/h1,7,9-11,13,24H,6,8H2,2-4H3,(H3,19,21,22,23);5-7,9-10,23H,4,8H2,1-3H3,(H3,18,20,21,22);6-8,10H,9H2,1-5H3,(H2,17,18,20);7-9H,3-6H2,1-2H3,(H2,16,17,19);1,6-8H,2H2,3-4H3,(H2,16,17,19);4-7H,15H2,1-3H3,(H,16,18,19). The number of hydrazine groups is 1. The molecule has 2 unspecified atom stereocenters. The van der Waals surface area contributed by atoms with Gasteiger partial charge < -0.3 is 103 Å². The predicted octanol–water partition coefficient (Wildman–Crippen LogP) is 15.6. The average Bonchev–Trinajstić information content (AvgIpc) is 0.785. The number of nitrogens with two attached hydrogens (primary N) is 6. The van der Waals surface area contributed by atoms with Crippen molar-refractivity contribution in [2.75, 3.05) is 110 Å². The molecule has 39 nitrogen and oxygen atoms in total. The van der Waals surface area contributed by atoms with Gasteiger partial charge in [-0.3, -0.25) is 4.98 Å². The van der Waals surface area contributed by atoms with Gasteiger partial charge in [-0.1, -0.05) is 99.3 Å². The smallest absolute Gasteiger partial charge is 0.225 e. The fourth-order valence-corrected chi connectivity index (χ4v) is 12.3. The number of aliphatic hydroxyl groups excluding tert-OH is 2. The molecule has 17 N–H and O–H groups in total. The molecule has 12 aromatic rings. The lowest BCUT2D eigenvalue weighted by atomic mass is 10.0. The molecule has 0 amide bonds. The third-order valence-electron chi connectivity index (χ3n) is 19.2. The molecular weight excluding hydrogens is 1800 g/mol. The maximum atomic E-state index is 9.75. The van der Waals surface area contributed by atoms with Crippen LogP contribution in [-0.4, -0.2) is 178 Å². The average molecular weight is 1920 g/mol. The minimum Gasteiger partial charge on any atom is -0.481 e. The van der Waals surface area contributed by atoms with Gasteiger partial charge in [-0.2, -0.15) is 9.97 Å². The quantitative estimate of drug-likeness (QED) is 0.00862. The molecule has 0 aromatic carbocycles. The largest absolute Gasteiger partial charge is 0.481 e. The van der Waals surface area contributed by atoms with Crippen LogP contribution in [0.4, 0.5) is 52.5 Å². The van der Waals surface area contributed by atoms with E-state index < -0.39 is 6.10 Å². The predicted molar refractivity (Wildman–Crippen MR) is 523 cm³/mol. The van der Waals surface area contributed by atoms with Crippen LogP contribution in [0.15, 0.2) is 122 Å². The number of nitrogens with one attached hydrogen (secondary N) is 3. The summed E-state index contributed by atoms with van der Waals surface area (Å²) in [4.78, 5) is 79.0. The number of hydrogen-bond acceptors (Lipinski definition) is 39. The van der Waals surface area contributed by atoms with Crippen LogP contribution in [0, 0.1) is 52.4 Å². The Morgan fingerprint density at radius 3 is 1.47 bits per heavy atom. The number of methoxy groups -OCH3 is 1. The van der Waals surface area contributed by atoms with Gasteiger partial charge in [-0.25, -0.2) is 80.6 Å². The molecule has 0 saturated carbocycles. The van der Waals surface area contributed by atoms with Crippen molar-refractivity contribution in [2.24, 2.45) is 5.84 Å². The van der Waals surface area contributed by atoms with E-state index in [9.17, 15) is 10.2 Å². The second kappa shape index (κ2) is 51.4. The van der Waals surface area contributed by atoms with Crippen molar-refractivity contribution in [2.45, 2.75) is 159 Å². The van der Waals surface area contributed by atoms with Crippen molar-refractivity contribution in [3.05, 3.63) is 195 Å².